The topological polar surface area (TPSA) is 139 Å². The summed E-state index contributed by atoms with van der Waals surface area (Å²) >= 11 is 0. The molecule has 2 N–H and O–H groups in total. The number of aryl methyl sites for hydroxylation is 1. The van der Waals surface area contributed by atoms with Crippen molar-refractivity contribution in [2.75, 3.05) is 34.7 Å². The fourth-order valence-electron chi connectivity index (χ4n) is 5.43. The van der Waals surface area contributed by atoms with Gasteiger partial charge in [0.2, 0.25) is 12.5 Å². The van der Waals surface area contributed by atoms with E-state index in [1.165, 1.54) is 39.7 Å². The predicted molar refractivity (Wildman–Crippen MR) is 151 cm³/mol. The molecule has 3 aromatic carbocycles. The van der Waals surface area contributed by atoms with Gasteiger partial charge in [0.25, 0.3) is 5.79 Å². The number of methoxy groups -OCH3 is 3. The van der Waals surface area contributed by atoms with Crippen LogP contribution in [0.4, 0.5) is 0 Å². The zero-order chi connectivity index (χ0) is 30.8. The van der Waals surface area contributed by atoms with Gasteiger partial charge in [0.15, 0.2) is 23.9 Å². The van der Waals surface area contributed by atoms with E-state index in [0.717, 1.165) is 5.56 Å². The first kappa shape index (κ1) is 29.3. The van der Waals surface area contributed by atoms with Crippen molar-refractivity contribution in [2.24, 2.45) is 0 Å². The Balaban J connectivity index is 1.88. The molecular formula is C32H30O11. The second kappa shape index (κ2) is 11.6. The molecule has 2 aliphatic rings. The van der Waals surface area contributed by atoms with Gasteiger partial charge < -0.3 is 43.4 Å². The third-order valence-corrected chi connectivity index (χ3v) is 7.33. The number of esters is 1. The summed E-state index contributed by atoms with van der Waals surface area (Å²) < 4.78 is 39.6. The lowest BCUT2D eigenvalue weighted by Crippen LogP contribution is -2.43. The summed E-state index contributed by atoms with van der Waals surface area (Å²) in [4.78, 5) is 24.4. The lowest BCUT2D eigenvalue weighted by atomic mass is 9.64. The van der Waals surface area contributed by atoms with Crippen molar-refractivity contribution in [2.45, 2.75) is 18.1 Å². The van der Waals surface area contributed by atoms with Gasteiger partial charge in [-0.3, -0.25) is 0 Å². The standard InChI is InChI=1S/C32H30O11/c1-19-5-7-20(8-6-19)31(26-16-40-18-42-26,23-13-14-24(41-17-27(33)34)30(39-4)29(23)38-3)25-15-28(35)43-32(25,36)21-9-11-22(37-2)12-10-21/h5-16,36H,17-18H2,1-4H3,(H,33,34). The molecular weight excluding hydrogens is 560 g/mol. The number of carbonyl (C=O) groups excluding carboxylic acids is 1. The molecule has 2 atom stereocenters. The van der Waals surface area contributed by atoms with E-state index in [2.05, 4.69) is 0 Å². The number of aliphatic carboxylic acids is 1. The Kier molecular flexibility index (Phi) is 7.92. The van der Waals surface area contributed by atoms with Gasteiger partial charge in [-0.15, -0.1) is 0 Å². The highest BCUT2D eigenvalue weighted by molar-refractivity contribution is 5.89. The second-order valence-corrected chi connectivity index (χ2v) is 9.74. The van der Waals surface area contributed by atoms with Crippen LogP contribution >= 0.6 is 0 Å². The molecule has 2 heterocycles. The highest BCUT2D eigenvalue weighted by atomic mass is 16.7. The first-order valence-corrected chi connectivity index (χ1v) is 13.1. The Morgan fingerprint density at radius 1 is 0.953 bits per heavy atom. The van der Waals surface area contributed by atoms with Gasteiger partial charge in [0.05, 0.1) is 21.3 Å². The Labute approximate surface area is 247 Å². The number of ether oxygens (including phenoxy) is 7. The SMILES string of the molecule is COc1ccc(C2(O)OC(=O)C=C2C(C2=COCO2)(c2ccc(C)cc2)c2ccc(OCC(=O)O)c(OC)c2OC)cc1. The minimum atomic E-state index is -2.29. The lowest BCUT2D eigenvalue weighted by molar-refractivity contribution is -0.187. The van der Waals surface area contributed by atoms with E-state index < -0.39 is 29.7 Å². The number of benzene rings is 3. The first-order valence-electron chi connectivity index (χ1n) is 13.1. The van der Waals surface area contributed by atoms with E-state index in [0.29, 0.717) is 16.9 Å². The predicted octanol–water partition coefficient (Wildman–Crippen LogP) is 3.94. The fraction of sp³-hybridized carbons (Fsp3) is 0.250. The molecule has 0 saturated heterocycles. The smallest absolute Gasteiger partial charge is 0.341 e. The molecule has 0 radical (unpaired) electrons. The zero-order valence-electron chi connectivity index (χ0n) is 23.9. The number of cyclic esters (lactones) is 1. The Bertz CT molecular complexity index is 1590. The number of rotatable bonds is 11. The van der Waals surface area contributed by atoms with Crippen LogP contribution in [0.15, 0.2) is 84.3 Å². The number of carboxylic acid groups (broad SMARTS) is 1. The maximum Gasteiger partial charge on any atom is 0.341 e. The van der Waals surface area contributed by atoms with Crippen LogP contribution in [0.3, 0.4) is 0 Å². The molecule has 0 amide bonds. The number of hydrogen-bond donors (Lipinski definition) is 2. The van der Waals surface area contributed by atoms with Gasteiger partial charge in [0, 0.05) is 22.8 Å². The summed E-state index contributed by atoms with van der Waals surface area (Å²) in [6.07, 6.45) is 2.62. The summed E-state index contributed by atoms with van der Waals surface area (Å²) in [6, 6.07) is 17.0. The molecule has 0 aliphatic carbocycles. The first-order chi connectivity index (χ1) is 20.7. The van der Waals surface area contributed by atoms with Gasteiger partial charge >= 0.3 is 11.9 Å². The third kappa shape index (κ3) is 4.97. The van der Waals surface area contributed by atoms with Crippen LogP contribution in [-0.4, -0.2) is 56.9 Å². The lowest BCUT2D eigenvalue weighted by Gasteiger charge is -2.41. The molecule has 224 valence electrons. The molecule has 0 spiro atoms. The fourth-order valence-corrected chi connectivity index (χ4v) is 5.43. The van der Waals surface area contributed by atoms with Crippen LogP contribution in [0.2, 0.25) is 0 Å². The molecule has 43 heavy (non-hydrogen) atoms. The van der Waals surface area contributed by atoms with Gasteiger partial charge in [-0.05, 0) is 48.9 Å². The van der Waals surface area contributed by atoms with Crippen molar-refractivity contribution in [3.05, 3.63) is 107 Å². The van der Waals surface area contributed by atoms with Crippen molar-refractivity contribution in [3.63, 3.8) is 0 Å². The Morgan fingerprint density at radius 3 is 2.23 bits per heavy atom. The molecule has 0 saturated carbocycles. The van der Waals surface area contributed by atoms with E-state index in [1.807, 2.05) is 31.2 Å². The second-order valence-electron chi connectivity index (χ2n) is 9.74. The summed E-state index contributed by atoms with van der Waals surface area (Å²) in [5.74, 6) is -3.22. The zero-order valence-corrected chi connectivity index (χ0v) is 23.9. The molecule has 0 bridgehead atoms. The molecule has 2 aliphatic heterocycles. The summed E-state index contributed by atoms with van der Waals surface area (Å²) in [5.41, 5.74) is 0.576. The van der Waals surface area contributed by atoms with Crippen LogP contribution in [0, 0.1) is 6.92 Å². The van der Waals surface area contributed by atoms with Gasteiger partial charge in [-0.2, -0.15) is 0 Å². The van der Waals surface area contributed by atoms with Crippen LogP contribution in [0.25, 0.3) is 0 Å². The third-order valence-electron chi connectivity index (χ3n) is 7.33. The summed E-state index contributed by atoms with van der Waals surface area (Å²) in [6.45, 7) is 1.16. The molecule has 0 fully saturated rings. The molecule has 3 aromatic rings. The van der Waals surface area contributed by atoms with Crippen molar-refractivity contribution < 1.29 is 53.0 Å². The number of carboxylic acids is 1. The Hall–Kier alpha value is -5.16. The number of aliphatic hydroxyl groups is 1. The Morgan fingerprint density at radius 2 is 1.65 bits per heavy atom. The highest BCUT2D eigenvalue weighted by Crippen LogP contribution is 2.59. The molecule has 0 aromatic heterocycles. The number of carbonyl (C=O) groups is 2. The monoisotopic (exact) mass is 590 g/mol. The molecule has 5 rings (SSSR count). The van der Waals surface area contributed by atoms with Gasteiger partial charge in [-0.25, -0.2) is 9.59 Å². The molecule has 11 heteroatoms. The maximum atomic E-state index is 13.1. The molecule has 11 nitrogen and oxygen atoms in total. The minimum absolute atomic E-state index is 0.0790. The van der Waals surface area contributed by atoms with E-state index in [9.17, 15) is 19.8 Å². The molecule has 2 unspecified atom stereocenters. The van der Waals surface area contributed by atoms with E-state index in [-0.39, 0.29) is 40.9 Å². The highest BCUT2D eigenvalue weighted by Gasteiger charge is 2.59. The number of allylic oxidation sites excluding steroid dienone is 1. The summed E-state index contributed by atoms with van der Waals surface area (Å²) in [5, 5.41) is 21.6. The van der Waals surface area contributed by atoms with E-state index in [4.69, 9.17) is 33.2 Å². The van der Waals surface area contributed by atoms with Crippen molar-refractivity contribution in [3.8, 4) is 23.0 Å². The van der Waals surface area contributed by atoms with E-state index >= 15 is 0 Å². The van der Waals surface area contributed by atoms with Crippen LogP contribution in [-0.2, 0) is 35.0 Å². The van der Waals surface area contributed by atoms with Gasteiger partial charge in [-0.1, -0.05) is 29.8 Å². The average Bonchev–Trinajstić information content (AvgIpc) is 3.66. The summed E-state index contributed by atoms with van der Waals surface area (Å²) in [7, 11) is 4.30. The quantitative estimate of drug-likeness (QED) is 0.314. The minimum Gasteiger partial charge on any atom is -0.497 e. The van der Waals surface area contributed by atoms with Crippen molar-refractivity contribution in [1.82, 2.24) is 0 Å². The largest absolute Gasteiger partial charge is 0.497 e. The van der Waals surface area contributed by atoms with Crippen LogP contribution in [0.5, 0.6) is 23.0 Å². The van der Waals surface area contributed by atoms with Gasteiger partial charge in [0.1, 0.15) is 17.4 Å². The van der Waals surface area contributed by atoms with Crippen LogP contribution < -0.4 is 18.9 Å². The van der Waals surface area contributed by atoms with Crippen molar-refractivity contribution in [1.29, 1.82) is 0 Å². The van der Waals surface area contributed by atoms with Crippen molar-refractivity contribution >= 4 is 11.9 Å². The number of hydrogen-bond acceptors (Lipinski definition) is 10. The van der Waals surface area contributed by atoms with E-state index in [1.54, 1.807) is 30.3 Å². The maximum absolute atomic E-state index is 13.1. The normalized spacial score (nSPS) is 18.8. The average molecular weight is 591 g/mol. The van der Waals surface area contributed by atoms with Crippen LogP contribution in [0.1, 0.15) is 22.3 Å².